The first-order chi connectivity index (χ1) is 7.41. The van der Waals surface area contributed by atoms with Gasteiger partial charge < -0.3 is 0 Å². The highest BCUT2D eigenvalue weighted by atomic mass is 32.2. The summed E-state index contributed by atoms with van der Waals surface area (Å²) in [5.41, 5.74) is 0. The predicted molar refractivity (Wildman–Crippen MR) is 60.2 cm³/mol. The minimum absolute atomic E-state index is 0.500. The van der Waals surface area contributed by atoms with Crippen LogP contribution >= 0.6 is 0 Å². The van der Waals surface area contributed by atoms with Gasteiger partial charge in [0.15, 0.2) is 9.84 Å². The van der Waals surface area contributed by atoms with E-state index in [2.05, 4.69) is 8.37 Å². The summed E-state index contributed by atoms with van der Waals surface area (Å²) in [5.74, 6) is -1.04. The summed E-state index contributed by atoms with van der Waals surface area (Å²) in [7, 11) is -11.0. The standard InChI is InChI=1S/C6H14O8S3/c1-15(7,8)13-3-5-17(11,12)6-4-14-16(2,9)10/h3-6H2,1-2H3/i3+1,4+1,5+1,6+1. The van der Waals surface area contributed by atoms with Crippen LogP contribution in [0.3, 0.4) is 0 Å². The summed E-state index contributed by atoms with van der Waals surface area (Å²) in [6, 6.07) is 0. The molecule has 0 unspecified atom stereocenters. The number of sulfone groups is 1. The van der Waals surface area contributed by atoms with Crippen molar-refractivity contribution in [1.82, 2.24) is 0 Å². The van der Waals surface area contributed by atoms with Crippen molar-refractivity contribution in [3.8, 4) is 0 Å². The van der Waals surface area contributed by atoms with Crippen LogP contribution in [0.25, 0.3) is 0 Å². The Morgan fingerprint density at radius 3 is 1.24 bits per heavy atom. The lowest BCUT2D eigenvalue weighted by molar-refractivity contribution is 0.337. The zero-order chi connectivity index (χ0) is 13.7. The van der Waals surface area contributed by atoms with Crippen molar-refractivity contribution in [3.63, 3.8) is 0 Å². The fraction of sp³-hybridized carbons (Fsp3) is 1.00. The van der Waals surface area contributed by atoms with E-state index < -0.39 is 54.8 Å². The molecule has 8 nitrogen and oxygen atoms in total. The Morgan fingerprint density at radius 2 is 1.00 bits per heavy atom. The highest BCUT2D eigenvalue weighted by Crippen LogP contribution is 1.96. The summed E-state index contributed by atoms with van der Waals surface area (Å²) < 4.78 is 73.2. The molecule has 17 heavy (non-hydrogen) atoms. The van der Waals surface area contributed by atoms with Gasteiger partial charge in [0, 0.05) is 0 Å². The molecule has 0 aromatic carbocycles. The first-order valence-electron chi connectivity index (χ1n) is 4.30. The monoisotopic (exact) mass is 314 g/mol. The average molecular weight is 314 g/mol. The minimum atomic E-state index is -3.68. The fourth-order valence-electron chi connectivity index (χ4n) is 0.727. The van der Waals surface area contributed by atoms with E-state index in [1.165, 1.54) is 0 Å². The highest BCUT2D eigenvalue weighted by Gasteiger charge is 2.14. The Hall–Kier alpha value is -0.230. The molecule has 0 spiro atoms. The normalized spacial score (nSPS) is 13.8. The van der Waals surface area contributed by atoms with E-state index in [1.807, 2.05) is 0 Å². The molecule has 0 fully saturated rings. The molecule has 0 aliphatic rings. The second kappa shape index (κ2) is 6.09. The summed E-state index contributed by atoms with van der Waals surface area (Å²) >= 11 is 0. The Labute approximate surface area is 101 Å². The van der Waals surface area contributed by atoms with Gasteiger partial charge in [-0.25, -0.2) is 8.42 Å². The highest BCUT2D eigenvalue weighted by molar-refractivity contribution is 7.91. The van der Waals surface area contributed by atoms with Crippen LogP contribution in [0, 0.1) is 0 Å². The molecule has 0 saturated heterocycles. The molecule has 0 N–H and O–H groups in total. The largest absolute Gasteiger partial charge is 0.269 e. The fourth-order valence-corrected chi connectivity index (χ4v) is 2.59. The van der Waals surface area contributed by atoms with Gasteiger partial charge in [-0.15, -0.1) is 0 Å². The third kappa shape index (κ3) is 12.0. The maximum atomic E-state index is 11.3. The lowest BCUT2D eigenvalue weighted by Gasteiger charge is -2.04. The van der Waals surface area contributed by atoms with Gasteiger partial charge in [0.2, 0.25) is 0 Å². The third-order valence-electron chi connectivity index (χ3n) is 1.38. The van der Waals surface area contributed by atoms with Crippen molar-refractivity contribution in [3.05, 3.63) is 0 Å². The van der Waals surface area contributed by atoms with Crippen LogP contribution in [-0.4, -0.2) is 62.5 Å². The Balaban J connectivity index is 4.06. The van der Waals surface area contributed by atoms with Gasteiger partial charge in [-0.1, -0.05) is 0 Å². The lowest BCUT2D eigenvalue weighted by Crippen LogP contribution is -2.21. The molecule has 0 rings (SSSR count). The molecular formula is C6H14O8S3. The first-order valence-corrected chi connectivity index (χ1v) is 9.76. The number of hydrogen-bond acceptors (Lipinski definition) is 8. The van der Waals surface area contributed by atoms with Crippen molar-refractivity contribution in [2.45, 2.75) is 0 Å². The second-order valence-corrected chi connectivity index (χ2v) is 8.80. The van der Waals surface area contributed by atoms with Gasteiger partial charge in [-0.05, 0) is 0 Å². The molecule has 11 heteroatoms. The van der Waals surface area contributed by atoms with E-state index >= 15 is 0 Å². The third-order valence-corrected chi connectivity index (χ3v) is 4.15. The van der Waals surface area contributed by atoms with Crippen LogP contribution in [0.15, 0.2) is 0 Å². The summed E-state index contributed by atoms with van der Waals surface area (Å²) in [4.78, 5) is 0. The van der Waals surface area contributed by atoms with Crippen LogP contribution in [0.4, 0.5) is 0 Å². The van der Waals surface area contributed by atoms with Gasteiger partial charge in [-0.3, -0.25) is 8.37 Å². The van der Waals surface area contributed by atoms with Gasteiger partial charge >= 0.3 is 0 Å². The zero-order valence-electron chi connectivity index (χ0n) is 9.32. The van der Waals surface area contributed by atoms with Crippen molar-refractivity contribution < 1.29 is 33.6 Å². The van der Waals surface area contributed by atoms with Crippen molar-refractivity contribution >= 4 is 30.1 Å². The Morgan fingerprint density at radius 1 is 0.706 bits per heavy atom. The van der Waals surface area contributed by atoms with Gasteiger partial charge in [0.25, 0.3) is 20.2 Å². The van der Waals surface area contributed by atoms with Crippen LogP contribution < -0.4 is 0 Å². The number of rotatable bonds is 8. The second-order valence-electron chi connectivity index (χ2n) is 3.20. The minimum Gasteiger partial charge on any atom is -0.269 e. The van der Waals surface area contributed by atoms with Crippen molar-refractivity contribution in [1.29, 1.82) is 0 Å². The quantitative estimate of drug-likeness (QED) is 0.386. The smallest absolute Gasteiger partial charge is 0.264 e. The molecule has 0 heterocycles. The Bertz CT molecular complexity index is 482. The zero-order valence-corrected chi connectivity index (χ0v) is 11.8. The van der Waals surface area contributed by atoms with Gasteiger partial charge in [0.1, 0.15) is 0 Å². The topological polar surface area (TPSA) is 121 Å². The van der Waals surface area contributed by atoms with Gasteiger partial charge in [-0.2, -0.15) is 16.8 Å². The first kappa shape index (κ1) is 16.8. The SMILES string of the molecule is CS(=O)(=O)O[13CH2][13CH2]S(=O)(=O)[13CH2][13CH2]OS(C)(=O)=O. The molecule has 0 aliphatic carbocycles. The molecule has 0 aliphatic heterocycles. The van der Waals surface area contributed by atoms with E-state index in [4.69, 9.17) is 0 Å². The molecule has 0 amide bonds. The van der Waals surface area contributed by atoms with E-state index in [0.29, 0.717) is 0 Å². The molecule has 0 bridgehead atoms. The molecule has 0 atom stereocenters. The number of hydrogen-bond donors (Lipinski definition) is 0. The Kier molecular flexibility index (Phi) is 6.01. The summed E-state index contributed by atoms with van der Waals surface area (Å²) in [6.45, 7) is -1.000. The lowest BCUT2D eigenvalue weighted by atomic mass is 11.8. The van der Waals surface area contributed by atoms with Gasteiger partial charge in [0.05, 0.1) is 37.2 Å². The predicted octanol–water partition coefficient (Wildman–Crippen LogP) is -1.65. The van der Waals surface area contributed by atoms with Crippen LogP contribution in [0.2, 0.25) is 0 Å². The molecule has 104 valence electrons. The molecule has 0 aromatic heterocycles. The molecule has 0 radical (unpaired) electrons. The van der Waals surface area contributed by atoms with Crippen LogP contribution in [0.1, 0.15) is 0 Å². The van der Waals surface area contributed by atoms with Crippen LogP contribution in [0.5, 0.6) is 0 Å². The van der Waals surface area contributed by atoms with E-state index in [0.717, 1.165) is 12.5 Å². The maximum Gasteiger partial charge on any atom is 0.264 e. The molecule has 0 saturated carbocycles. The van der Waals surface area contributed by atoms with Crippen molar-refractivity contribution in [2.75, 3.05) is 37.2 Å². The van der Waals surface area contributed by atoms with Crippen LogP contribution in [-0.2, 0) is 38.4 Å². The average Bonchev–Trinajstić information content (AvgIpc) is 1.96. The maximum absolute atomic E-state index is 11.3. The molecular weight excluding hydrogens is 300 g/mol. The van der Waals surface area contributed by atoms with E-state index in [9.17, 15) is 25.3 Å². The summed E-state index contributed by atoms with van der Waals surface area (Å²) in [6.07, 6.45) is 1.60. The van der Waals surface area contributed by atoms with E-state index in [-0.39, 0.29) is 0 Å². The summed E-state index contributed by atoms with van der Waals surface area (Å²) in [5, 5.41) is 0. The molecule has 0 aromatic rings. The van der Waals surface area contributed by atoms with E-state index in [1.54, 1.807) is 0 Å². The van der Waals surface area contributed by atoms with Crippen molar-refractivity contribution in [2.24, 2.45) is 0 Å².